The first-order chi connectivity index (χ1) is 15.2. The second-order valence-corrected chi connectivity index (χ2v) is 8.57. The minimum absolute atomic E-state index is 0.199. The summed E-state index contributed by atoms with van der Waals surface area (Å²) in [6.45, 7) is 5.52. The van der Waals surface area contributed by atoms with E-state index in [0.717, 1.165) is 24.6 Å². The molecule has 2 aliphatic rings. The van der Waals surface area contributed by atoms with Gasteiger partial charge >= 0.3 is 11.7 Å². The second-order valence-electron chi connectivity index (χ2n) is 8.57. The highest BCUT2D eigenvalue weighted by atomic mass is 16.5. The number of hydrogen-bond acceptors (Lipinski definition) is 6. The van der Waals surface area contributed by atoms with E-state index >= 15 is 0 Å². The first-order valence-electron chi connectivity index (χ1n) is 11.2. The summed E-state index contributed by atoms with van der Waals surface area (Å²) in [4.78, 5) is 26.5. The van der Waals surface area contributed by atoms with Crippen LogP contribution in [0.25, 0.3) is 11.2 Å². The van der Waals surface area contributed by atoms with Gasteiger partial charge in [-0.15, -0.1) is 0 Å². The number of aromatic nitrogens is 4. The number of ether oxygens (including phenoxy) is 2. The van der Waals surface area contributed by atoms with E-state index in [1.807, 2.05) is 0 Å². The second kappa shape index (κ2) is 9.20. The number of H-pyrrole nitrogens is 1. The van der Waals surface area contributed by atoms with Crippen LogP contribution in [0.5, 0.6) is 6.01 Å². The minimum Gasteiger partial charge on any atom is -0.461 e. The molecule has 0 unspecified atom stereocenters. The molecule has 8 heteroatoms. The third-order valence-electron chi connectivity index (χ3n) is 5.97. The molecule has 0 spiro atoms. The van der Waals surface area contributed by atoms with Crippen LogP contribution in [0.15, 0.2) is 35.3 Å². The van der Waals surface area contributed by atoms with Crippen LogP contribution in [0.3, 0.4) is 0 Å². The Morgan fingerprint density at radius 3 is 2.52 bits per heavy atom. The molecule has 0 atom stereocenters. The summed E-state index contributed by atoms with van der Waals surface area (Å²) < 4.78 is 12.8. The van der Waals surface area contributed by atoms with Gasteiger partial charge in [-0.05, 0) is 55.8 Å². The molecule has 3 heterocycles. The third-order valence-corrected chi connectivity index (χ3v) is 5.97. The van der Waals surface area contributed by atoms with Crippen LogP contribution in [0.1, 0.15) is 36.8 Å². The van der Waals surface area contributed by atoms with Gasteiger partial charge in [-0.25, -0.2) is 9.78 Å². The van der Waals surface area contributed by atoms with E-state index in [1.54, 1.807) is 10.8 Å². The van der Waals surface area contributed by atoms with E-state index in [1.165, 1.54) is 44.3 Å². The SMILES string of the molecule is O=c1[nH]c2cnc(OCCOCC3CC3)nc2n1Cc1ccc(CN2CCCC2)cc1. The molecule has 1 saturated carbocycles. The standard InChI is InChI=1S/C23H29N5O3/c29-23-25-20-13-24-22(31-12-11-30-16-19-7-8-19)26-21(20)28(23)15-18-5-3-17(4-6-18)14-27-9-1-2-10-27/h3-6,13,19H,1-2,7-12,14-16H2,(H,25,29). The zero-order chi connectivity index (χ0) is 21.0. The molecule has 1 aromatic carbocycles. The number of nitrogens with zero attached hydrogens (tertiary/aromatic N) is 4. The number of hydrogen-bond donors (Lipinski definition) is 1. The normalized spacial score (nSPS) is 16.9. The summed E-state index contributed by atoms with van der Waals surface area (Å²) in [6, 6.07) is 8.74. The maximum absolute atomic E-state index is 12.5. The predicted molar refractivity (Wildman–Crippen MR) is 117 cm³/mol. The van der Waals surface area contributed by atoms with Gasteiger partial charge in [0.2, 0.25) is 0 Å². The maximum Gasteiger partial charge on any atom is 0.328 e. The van der Waals surface area contributed by atoms with E-state index < -0.39 is 0 Å². The third kappa shape index (κ3) is 5.14. The van der Waals surface area contributed by atoms with Gasteiger partial charge in [-0.1, -0.05) is 24.3 Å². The van der Waals surface area contributed by atoms with Crippen molar-refractivity contribution in [1.29, 1.82) is 0 Å². The van der Waals surface area contributed by atoms with Crippen molar-refractivity contribution in [1.82, 2.24) is 24.4 Å². The average molecular weight is 424 g/mol. The summed E-state index contributed by atoms with van der Waals surface area (Å²) in [7, 11) is 0. The summed E-state index contributed by atoms with van der Waals surface area (Å²) in [6.07, 6.45) is 6.73. The van der Waals surface area contributed by atoms with E-state index in [0.29, 0.717) is 30.9 Å². The van der Waals surface area contributed by atoms with Crippen molar-refractivity contribution in [3.05, 3.63) is 52.1 Å². The number of imidazole rings is 1. The number of aromatic amines is 1. The molecule has 8 nitrogen and oxygen atoms in total. The summed E-state index contributed by atoms with van der Waals surface area (Å²) in [5, 5.41) is 0. The van der Waals surface area contributed by atoms with Crippen LogP contribution in [-0.4, -0.2) is 57.3 Å². The molecule has 0 amide bonds. The van der Waals surface area contributed by atoms with Crippen LogP contribution >= 0.6 is 0 Å². The van der Waals surface area contributed by atoms with Crippen LogP contribution in [0, 0.1) is 5.92 Å². The smallest absolute Gasteiger partial charge is 0.328 e. The first-order valence-corrected chi connectivity index (χ1v) is 11.2. The Morgan fingerprint density at radius 2 is 1.77 bits per heavy atom. The number of fused-ring (bicyclic) bond motifs is 1. The average Bonchev–Trinajstić information content (AvgIpc) is 3.37. The van der Waals surface area contributed by atoms with Crippen molar-refractivity contribution in [3.8, 4) is 6.01 Å². The van der Waals surface area contributed by atoms with Crippen LogP contribution in [-0.2, 0) is 17.8 Å². The summed E-state index contributed by atoms with van der Waals surface area (Å²) in [5.41, 5.74) is 3.32. The quantitative estimate of drug-likeness (QED) is 0.505. The van der Waals surface area contributed by atoms with Gasteiger partial charge in [-0.2, -0.15) is 4.98 Å². The highest BCUT2D eigenvalue weighted by molar-refractivity contribution is 5.69. The fourth-order valence-electron chi connectivity index (χ4n) is 4.00. The Balaban J connectivity index is 1.23. The zero-order valence-electron chi connectivity index (χ0n) is 17.8. The van der Waals surface area contributed by atoms with Gasteiger partial charge < -0.3 is 14.5 Å². The van der Waals surface area contributed by atoms with Gasteiger partial charge in [0.15, 0.2) is 5.65 Å². The minimum atomic E-state index is -0.199. The van der Waals surface area contributed by atoms with Gasteiger partial charge in [0, 0.05) is 13.2 Å². The molecule has 31 heavy (non-hydrogen) atoms. The van der Waals surface area contributed by atoms with Gasteiger partial charge in [0.1, 0.15) is 12.1 Å². The Hall–Kier alpha value is -2.71. The van der Waals surface area contributed by atoms with E-state index in [2.05, 4.69) is 44.1 Å². The molecular formula is C23H29N5O3. The Kier molecular flexibility index (Phi) is 5.99. The lowest BCUT2D eigenvalue weighted by molar-refractivity contribution is 0.0897. The number of likely N-dealkylation sites (tertiary alicyclic amines) is 1. The molecule has 0 radical (unpaired) electrons. The fourth-order valence-corrected chi connectivity index (χ4v) is 4.00. The molecular weight excluding hydrogens is 394 g/mol. The largest absolute Gasteiger partial charge is 0.461 e. The van der Waals surface area contributed by atoms with Crippen molar-refractivity contribution >= 4 is 11.2 Å². The molecule has 164 valence electrons. The molecule has 1 aliphatic heterocycles. The molecule has 0 bridgehead atoms. The number of rotatable bonds is 10. The van der Waals surface area contributed by atoms with Crippen LogP contribution in [0.2, 0.25) is 0 Å². The van der Waals surface area contributed by atoms with Crippen LogP contribution in [0.4, 0.5) is 0 Å². The van der Waals surface area contributed by atoms with Gasteiger partial charge in [0.05, 0.1) is 19.3 Å². The highest BCUT2D eigenvalue weighted by Crippen LogP contribution is 2.28. The molecule has 5 rings (SSSR count). The van der Waals surface area contributed by atoms with Crippen molar-refractivity contribution in [2.45, 2.75) is 38.8 Å². The predicted octanol–water partition coefficient (Wildman–Crippen LogP) is 2.57. The molecule has 3 aromatic rings. The number of nitrogens with one attached hydrogen (secondary N) is 1. The lowest BCUT2D eigenvalue weighted by Crippen LogP contribution is -2.19. The van der Waals surface area contributed by atoms with Gasteiger partial charge in [-0.3, -0.25) is 9.47 Å². The molecule has 1 N–H and O–H groups in total. The van der Waals surface area contributed by atoms with Crippen molar-refractivity contribution < 1.29 is 9.47 Å². The maximum atomic E-state index is 12.5. The van der Waals surface area contributed by atoms with Crippen molar-refractivity contribution in [2.75, 3.05) is 32.9 Å². The topological polar surface area (TPSA) is 85.3 Å². The van der Waals surface area contributed by atoms with E-state index in [-0.39, 0.29) is 11.7 Å². The Labute approximate surface area is 181 Å². The molecule has 2 aromatic heterocycles. The summed E-state index contributed by atoms with van der Waals surface area (Å²) >= 11 is 0. The first kappa shape index (κ1) is 20.2. The molecule has 1 aliphatic carbocycles. The van der Waals surface area contributed by atoms with Crippen molar-refractivity contribution in [2.24, 2.45) is 5.92 Å². The van der Waals surface area contributed by atoms with Crippen LogP contribution < -0.4 is 10.4 Å². The fraction of sp³-hybridized carbons (Fsp3) is 0.522. The monoisotopic (exact) mass is 423 g/mol. The number of benzene rings is 1. The van der Waals surface area contributed by atoms with Gasteiger partial charge in [0.25, 0.3) is 0 Å². The molecule has 1 saturated heterocycles. The molecule has 2 fully saturated rings. The Morgan fingerprint density at radius 1 is 1.03 bits per heavy atom. The van der Waals surface area contributed by atoms with E-state index in [4.69, 9.17) is 9.47 Å². The highest BCUT2D eigenvalue weighted by Gasteiger charge is 2.21. The Bertz CT molecular complexity index is 1070. The lowest BCUT2D eigenvalue weighted by Gasteiger charge is -2.14. The lowest BCUT2D eigenvalue weighted by atomic mass is 10.1. The zero-order valence-corrected chi connectivity index (χ0v) is 17.8. The summed E-state index contributed by atoms with van der Waals surface area (Å²) in [5.74, 6) is 0.733. The van der Waals surface area contributed by atoms with E-state index in [9.17, 15) is 4.79 Å². The van der Waals surface area contributed by atoms with Crippen molar-refractivity contribution in [3.63, 3.8) is 0 Å².